The summed E-state index contributed by atoms with van der Waals surface area (Å²) < 4.78 is 5.38. The third kappa shape index (κ3) is 3.67. The molecule has 0 saturated carbocycles. The maximum atomic E-state index is 5.38. The summed E-state index contributed by atoms with van der Waals surface area (Å²) in [6, 6.07) is 10.6. The van der Waals surface area contributed by atoms with Crippen LogP contribution in [0.15, 0.2) is 34.9 Å². The van der Waals surface area contributed by atoms with Crippen molar-refractivity contribution in [1.29, 1.82) is 0 Å². The average Bonchev–Trinajstić information content (AvgIpc) is 2.95. The fourth-order valence-electron chi connectivity index (χ4n) is 2.15. The van der Waals surface area contributed by atoms with E-state index in [0.717, 1.165) is 25.2 Å². The van der Waals surface area contributed by atoms with Crippen LogP contribution in [-0.2, 0) is 6.42 Å². The van der Waals surface area contributed by atoms with Crippen LogP contribution >= 0.6 is 0 Å². The smallest absolute Gasteiger partial charge is 0.228 e. The number of aromatic nitrogens is 2. The minimum Gasteiger partial charge on any atom is -0.339 e. The molecule has 4 heteroatoms. The zero-order chi connectivity index (χ0) is 14.4. The van der Waals surface area contributed by atoms with Gasteiger partial charge in [-0.25, -0.2) is 0 Å². The van der Waals surface area contributed by atoms with Crippen LogP contribution in [0.2, 0.25) is 0 Å². The van der Waals surface area contributed by atoms with Gasteiger partial charge >= 0.3 is 0 Å². The van der Waals surface area contributed by atoms with Gasteiger partial charge < -0.3 is 9.84 Å². The molecule has 4 nitrogen and oxygen atoms in total. The number of hydrogen-bond acceptors (Lipinski definition) is 4. The Labute approximate surface area is 120 Å². The monoisotopic (exact) mass is 273 g/mol. The van der Waals surface area contributed by atoms with Crippen LogP contribution in [0.1, 0.15) is 56.4 Å². The number of nitrogens with zero attached hydrogens (tertiary/aromatic N) is 2. The normalized spacial score (nSPS) is 14.2. The molecule has 1 N–H and O–H groups in total. The van der Waals surface area contributed by atoms with Crippen molar-refractivity contribution in [3.8, 4) is 0 Å². The molecule has 0 amide bonds. The van der Waals surface area contributed by atoms with Crippen molar-refractivity contribution in [2.75, 3.05) is 6.54 Å². The van der Waals surface area contributed by atoms with Crippen molar-refractivity contribution < 1.29 is 4.52 Å². The van der Waals surface area contributed by atoms with E-state index in [1.807, 2.05) is 6.07 Å². The van der Waals surface area contributed by atoms with E-state index in [9.17, 15) is 0 Å². The van der Waals surface area contributed by atoms with Gasteiger partial charge in [-0.1, -0.05) is 56.3 Å². The fraction of sp³-hybridized carbons (Fsp3) is 0.500. The van der Waals surface area contributed by atoms with Gasteiger partial charge in [-0.15, -0.1) is 0 Å². The lowest BCUT2D eigenvalue weighted by atomic mass is 10.0. The Kier molecular flexibility index (Phi) is 5.30. The molecule has 1 aromatic carbocycles. The molecule has 1 aromatic heterocycles. The SMILES string of the molecule is CCNC(Cc1nc(C(C)CC)no1)c1ccccc1. The van der Waals surface area contributed by atoms with Crippen LogP contribution in [-0.4, -0.2) is 16.7 Å². The first-order valence-corrected chi connectivity index (χ1v) is 7.35. The van der Waals surface area contributed by atoms with Gasteiger partial charge in [0.25, 0.3) is 0 Å². The second-order valence-corrected chi connectivity index (χ2v) is 5.08. The second-order valence-electron chi connectivity index (χ2n) is 5.08. The molecular weight excluding hydrogens is 250 g/mol. The minimum atomic E-state index is 0.214. The highest BCUT2D eigenvalue weighted by molar-refractivity contribution is 5.19. The summed E-state index contributed by atoms with van der Waals surface area (Å²) in [5.41, 5.74) is 1.25. The van der Waals surface area contributed by atoms with Crippen molar-refractivity contribution in [1.82, 2.24) is 15.5 Å². The summed E-state index contributed by atoms with van der Waals surface area (Å²) in [5, 5.41) is 7.55. The van der Waals surface area contributed by atoms with E-state index >= 15 is 0 Å². The van der Waals surface area contributed by atoms with Crippen molar-refractivity contribution >= 4 is 0 Å². The van der Waals surface area contributed by atoms with E-state index in [1.54, 1.807) is 0 Å². The molecule has 0 aliphatic rings. The molecule has 0 aliphatic heterocycles. The zero-order valence-corrected chi connectivity index (χ0v) is 12.5. The molecule has 0 spiro atoms. The van der Waals surface area contributed by atoms with E-state index in [0.29, 0.717) is 11.8 Å². The largest absolute Gasteiger partial charge is 0.339 e. The van der Waals surface area contributed by atoms with Crippen molar-refractivity contribution in [3.05, 3.63) is 47.6 Å². The molecular formula is C16H23N3O. The van der Waals surface area contributed by atoms with Gasteiger partial charge in [-0.05, 0) is 18.5 Å². The quantitative estimate of drug-likeness (QED) is 0.839. The van der Waals surface area contributed by atoms with E-state index < -0.39 is 0 Å². The average molecular weight is 273 g/mol. The molecule has 108 valence electrons. The maximum absolute atomic E-state index is 5.38. The Morgan fingerprint density at radius 3 is 2.60 bits per heavy atom. The minimum absolute atomic E-state index is 0.214. The van der Waals surface area contributed by atoms with Gasteiger partial charge in [0.1, 0.15) is 0 Å². The molecule has 1 heterocycles. The molecule has 0 fully saturated rings. The fourth-order valence-corrected chi connectivity index (χ4v) is 2.15. The predicted octanol–water partition coefficient (Wildman–Crippen LogP) is 3.48. The standard InChI is InChI=1S/C16H23N3O/c1-4-12(3)16-18-15(20-19-16)11-14(17-5-2)13-9-7-6-8-10-13/h6-10,12,14,17H,4-5,11H2,1-3H3. The molecule has 0 aliphatic carbocycles. The number of benzene rings is 1. The Hall–Kier alpha value is -1.68. The molecule has 0 saturated heterocycles. The molecule has 2 aromatic rings. The Morgan fingerprint density at radius 2 is 1.95 bits per heavy atom. The van der Waals surface area contributed by atoms with Crippen LogP contribution in [0.25, 0.3) is 0 Å². The number of nitrogens with one attached hydrogen (secondary N) is 1. The Bertz CT molecular complexity index is 509. The van der Waals surface area contributed by atoms with Crippen molar-refractivity contribution in [2.24, 2.45) is 0 Å². The van der Waals surface area contributed by atoms with Crippen LogP contribution in [0.5, 0.6) is 0 Å². The summed E-state index contributed by atoms with van der Waals surface area (Å²) in [6.45, 7) is 7.26. The lowest BCUT2D eigenvalue weighted by Gasteiger charge is -2.16. The summed E-state index contributed by atoms with van der Waals surface area (Å²) in [7, 11) is 0. The third-order valence-corrected chi connectivity index (χ3v) is 3.57. The first-order chi connectivity index (χ1) is 9.74. The van der Waals surface area contributed by atoms with E-state index in [4.69, 9.17) is 4.52 Å². The lowest BCUT2D eigenvalue weighted by molar-refractivity contribution is 0.353. The lowest BCUT2D eigenvalue weighted by Crippen LogP contribution is -2.23. The summed E-state index contributed by atoms with van der Waals surface area (Å²) >= 11 is 0. The van der Waals surface area contributed by atoms with Crippen molar-refractivity contribution in [2.45, 2.75) is 45.6 Å². The Balaban J connectivity index is 2.10. The molecule has 0 radical (unpaired) electrons. The third-order valence-electron chi connectivity index (χ3n) is 3.57. The highest BCUT2D eigenvalue weighted by Gasteiger charge is 2.17. The molecule has 2 rings (SSSR count). The van der Waals surface area contributed by atoms with E-state index in [2.05, 4.69) is 60.5 Å². The van der Waals surface area contributed by atoms with Gasteiger partial charge in [0, 0.05) is 18.4 Å². The van der Waals surface area contributed by atoms with E-state index in [-0.39, 0.29) is 6.04 Å². The molecule has 2 unspecified atom stereocenters. The van der Waals surface area contributed by atoms with Gasteiger partial charge in [0.15, 0.2) is 5.82 Å². The summed E-state index contributed by atoms with van der Waals surface area (Å²) in [5.74, 6) is 1.86. The highest BCUT2D eigenvalue weighted by Crippen LogP contribution is 2.20. The van der Waals surface area contributed by atoms with Crippen LogP contribution in [0.3, 0.4) is 0 Å². The number of hydrogen-bond donors (Lipinski definition) is 1. The molecule has 2 atom stereocenters. The van der Waals surface area contributed by atoms with E-state index in [1.165, 1.54) is 5.56 Å². The summed E-state index contributed by atoms with van der Waals surface area (Å²) in [4.78, 5) is 4.51. The molecule has 20 heavy (non-hydrogen) atoms. The van der Waals surface area contributed by atoms with Crippen LogP contribution < -0.4 is 5.32 Å². The summed E-state index contributed by atoms with van der Waals surface area (Å²) in [6.07, 6.45) is 1.75. The predicted molar refractivity (Wildman–Crippen MR) is 79.6 cm³/mol. The number of likely N-dealkylation sites (N-methyl/N-ethyl adjacent to an activating group) is 1. The molecule has 0 bridgehead atoms. The first-order valence-electron chi connectivity index (χ1n) is 7.35. The number of rotatable bonds is 7. The zero-order valence-electron chi connectivity index (χ0n) is 12.5. The highest BCUT2D eigenvalue weighted by atomic mass is 16.5. The van der Waals surface area contributed by atoms with Gasteiger partial charge in [0.2, 0.25) is 5.89 Å². The van der Waals surface area contributed by atoms with Gasteiger partial charge in [-0.2, -0.15) is 4.98 Å². The van der Waals surface area contributed by atoms with Crippen LogP contribution in [0.4, 0.5) is 0 Å². The second kappa shape index (κ2) is 7.20. The topological polar surface area (TPSA) is 51.0 Å². The van der Waals surface area contributed by atoms with Crippen molar-refractivity contribution in [3.63, 3.8) is 0 Å². The van der Waals surface area contributed by atoms with Gasteiger partial charge in [-0.3, -0.25) is 0 Å². The Morgan fingerprint density at radius 1 is 1.20 bits per heavy atom. The maximum Gasteiger partial charge on any atom is 0.228 e. The van der Waals surface area contributed by atoms with Gasteiger partial charge in [0.05, 0.1) is 0 Å². The first kappa shape index (κ1) is 14.7. The van der Waals surface area contributed by atoms with Crippen LogP contribution in [0, 0.1) is 0 Å².